The van der Waals surface area contributed by atoms with Gasteiger partial charge in [0, 0.05) is 41.6 Å². The number of carbonyl (C=O) groups is 1. The predicted molar refractivity (Wildman–Crippen MR) is 114 cm³/mol. The fraction of sp³-hybridized carbons (Fsp3) is 0.316. The van der Waals surface area contributed by atoms with Crippen molar-refractivity contribution in [3.63, 3.8) is 0 Å². The fourth-order valence-electron chi connectivity index (χ4n) is 3.16. The van der Waals surface area contributed by atoms with Crippen molar-refractivity contribution in [2.45, 2.75) is 13.3 Å². The third-order valence-electron chi connectivity index (χ3n) is 4.50. The Bertz CT molecular complexity index is 755. The van der Waals surface area contributed by atoms with E-state index in [9.17, 15) is 4.79 Å². The maximum Gasteiger partial charge on any atom is 0.251 e. The second-order valence-electron chi connectivity index (χ2n) is 6.37. The molecular weight excluding hydrogens is 393 g/mol. The first-order chi connectivity index (χ1) is 11.5. The molecule has 2 aromatic rings. The molecule has 142 valence electrons. The van der Waals surface area contributed by atoms with Gasteiger partial charge in [-0.25, -0.2) is 0 Å². The number of carbonyl (C=O) groups excluding carboxylic acids is 1. The first kappa shape index (κ1) is 22.4. The van der Waals surface area contributed by atoms with E-state index >= 15 is 0 Å². The van der Waals surface area contributed by atoms with Crippen LogP contribution < -0.4 is 16.0 Å². The highest BCUT2D eigenvalue weighted by molar-refractivity contribution is 6.30. The molecule has 7 heteroatoms. The Balaban J connectivity index is 0.00000169. The summed E-state index contributed by atoms with van der Waals surface area (Å²) in [5.74, 6) is 0.369. The van der Waals surface area contributed by atoms with E-state index in [1.165, 1.54) is 11.3 Å². The highest BCUT2D eigenvalue weighted by atomic mass is 35.5. The zero-order chi connectivity index (χ0) is 17.1. The molecule has 1 atom stereocenters. The lowest BCUT2D eigenvalue weighted by Gasteiger charge is -2.21. The summed E-state index contributed by atoms with van der Waals surface area (Å²) < 4.78 is 0. The average molecular weight is 417 g/mol. The SMILES string of the molecule is Cc1ccc(Cl)cc1N1CCC(CNC(=O)c2cccc(N)c2)C1.Cl.Cl. The molecule has 1 heterocycles. The maximum atomic E-state index is 12.2. The number of amides is 1. The number of rotatable bonds is 4. The summed E-state index contributed by atoms with van der Waals surface area (Å²) in [5.41, 5.74) is 9.35. The van der Waals surface area contributed by atoms with Crippen LogP contribution in [0, 0.1) is 12.8 Å². The molecule has 3 rings (SSSR count). The molecule has 1 aliphatic rings. The van der Waals surface area contributed by atoms with Crippen molar-refractivity contribution in [2.75, 3.05) is 30.3 Å². The smallest absolute Gasteiger partial charge is 0.251 e. The van der Waals surface area contributed by atoms with Crippen LogP contribution >= 0.6 is 36.4 Å². The summed E-state index contributed by atoms with van der Waals surface area (Å²) in [6, 6.07) is 13.0. The standard InChI is InChI=1S/C19H22ClN3O.2ClH/c1-13-5-6-16(20)10-18(13)23-8-7-14(12-23)11-22-19(24)15-3-2-4-17(21)9-15;;/h2-6,9-10,14H,7-8,11-12,21H2,1H3,(H,22,24);2*1H. The number of halogens is 3. The number of hydrogen-bond donors (Lipinski definition) is 2. The van der Waals surface area contributed by atoms with Gasteiger partial charge in [-0.3, -0.25) is 4.79 Å². The number of benzene rings is 2. The zero-order valence-electron chi connectivity index (χ0n) is 14.6. The molecule has 0 saturated carbocycles. The Morgan fingerprint density at radius 3 is 2.77 bits per heavy atom. The van der Waals surface area contributed by atoms with E-state index in [1.807, 2.05) is 18.2 Å². The highest BCUT2D eigenvalue weighted by Crippen LogP contribution is 2.29. The van der Waals surface area contributed by atoms with Gasteiger partial charge < -0.3 is 16.0 Å². The number of nitrogens with one attached hydrogen (secondary N) is 1. The molecule has 0 bridgehead atoms. The van der Waals surface area contributed by atoms with Gasteiger partial charge in [0.15, 0.2) is 0 Å². The topological polar surface area (TPSA) is 58.4 Å². The Morgan fingerprint density at radius 1 is 1.27 bits per heavy atom. The minimum atomic E-state index is -0.0697. The maximum absolute atomic E-state index is 12.2. The van der Waals surface area contributed by atoms with Crippen molar-refractivity contribution in [1.29, 1.82) is 0 Å². The Morgan fingerprint density at radius 2 is 2.04 bits per heavy atom. The van der Waals surface area contributed by atoms with Crippen molar-refractivity contribution in [2.24, 2.45) is 5.92 Å². The van der Waals surface area contributed by atoms with Gasteiger partial charge in [-0.15, -0.1) is 24.8 Å². The van der Waals surface area contributed by atoms with Crippen LogP contribution in [0.5, 0.6) is 0 Å². The lowest BCUT2D eigenvalue weighted by atomic mass is 10.1. The Hall–Kier alpha value is -1.62. The summed E-state index contributed by atoms with van der Waals surface area (Å²) in [6.45, 7) is 4.68. The van der Waals surface area contributed by atoms with Crippen molar-refractivity contribution >= 4 is 53.7 Å². The van der Waals surface area contributed by atoms with Crippen LogP contribution in [0.4, 0.5) is 11.4 Å². The molecule has 1 saturated heterocycles. The van der Waals surface area contributed by atoms with Gasteiger partial charge >= 0.3 is 0 Å². The molecule has 0 aromatic heterocycles. The van der Waals surface area contributed by atoms with Crippen LogP contribution in [0.3, 0.4) is 0 Å². The summed E-state index contributed by atoms with van der Waals surface area (Å²) in [6.07, 6.45) is 1.06. The molecule has 1 fully saturated rings. The first-order valence-corrected chi connectivity index (χ1v) is 8.55. The van der Waals surface area contributed by atoms with Gasteiger partial charge in [0.25, 0.3) is 5.91 Å². The molecule has 3 N–H and O–H groups in total. The Kier molecular flexibility index (Phi) is 8.54. The van der Waals surface area contributed by atoms with E-state index in [-0.39, 0.29) is 30.7 Å². The quantitative estimate of drug-likeness (QED) is 0.729. The molecule has 2 aromatic carbocycles. The zero-order valence-corrected chi connectivity index (χ0v) is 17.0. The van der Waals surface area contributed by atoms with Crippen molar-refractivity contribution in [1.82, 2.24) is 5.32 Å². The molecule has 0 spiro atoms. The molecule has 0 radical (unpaired) electrons. The van der Waals surface area contributed by atoms with Crippen LogP contribution in [-0.4, -0.2) is 25.5 Å². The van der Waals surface area contributed by atoms with Gasteiger partial charge in [0.1, 0.15) is 0 Å². The van der Waals surface area contributed by atoms with E-state index in [2.05, 4.69) is 17.1 Å². The highest BCUT2D eigenvalue weighted by Gasteiger charge is 2.24. The molecular formula is C19H24Cl3N3O. The molecule has 1 aliphatic heterocycles. The average Bonchev–Trinajstić information content (AvgIpc) is 3.03. The van der Waals surface area contributed by atoms with E-state index in [4.69, 9.17) is 17.3 Å². The molecule has 1 amide bonds. The summed E-state index contributed by atoms with van der Waals surface area (Å²) >= 11 is 6.12. The number of nitrogens with zero attached hydrogens (tertiary/aromatic N) is 1. The molecule has 0 aliphatic carbocycles. The van der Waals surface area contributed by atoms with Crippen molar-refractivity contribution in [3.05, 3.63) is 58.6 Å². The summed E-state index contributed by atoms with van der Waals surface area (Å²) in [5, 5.41) is 3.78. The van der Waals surface area contributed by atoms with Gasteiger partial charge in [0.05, 0.1) is 0 Å². The number of nitrogen functional groups attached to an aromatic ring is 1. The number of hydrogen-bond acceptors (Lipinski definition) is 3. The van der Waals surface area contributed by atoms with Crippen LogP contribution in [0.15, 0.2) is 42.5 Å². The van der Waals surface area contributed by atoms with Crippen LogP contribution in [0.1, 0.15) is 22.3 Å². The molecule has 1 unspecified atom stereocenters. The Labute approximate surface area is 171 Å². The minimum absolute atomic E-state index is 0. The van der Waals surface area contributed by atoms with Crippen molar-refractivity contribution < 1.29 is 4.79 Å². The normalized spacial score (nSPS) is 15.8. The van der Waals surface area contributed by atoms with Gasteiger partial charge in [-0.1, -0.05) is 23.7 Å². The third kappa shape index (κ3) is 5.44. The van der Waals surface area contributed by atoms with Crippen LogP contribution in [0.2, 0.25) is 5.02 Å². The molecule has 26 heavy (non-hydrogen) atoms. The lowest BCUT2D eigenvalue weighted by molar-refractivity contribution is 0.0948. The van der Waals surface area contributed by atoms with E-state index in [0.29, 0.717) is 23.7 Å². The second-order valence-corrected chi connectivity index (χ2v) is 6.80. The second kappa shape index (κ2) is 9.91. The monoisotopic (exact) mass is 415 g/mol. The minimum Gasteiger partial charge on any atom is -0.399 e. The van der Waals surface area contributed by atoms with Gasteiger partial charge in [-0.2, -0.15) is 0 Å². The van der Waals surface area contributed by atoms with E-state index in [1.54, 1.807) is 24.3 Å². The lowest BCUT2D eigenvalue weighted by Crippen LogP contribution is -2.31. The van der Waals surface area contributed by atoms with Crippen molar-refractivity contribution in [3.8, 4) is 0 Å². The van der Waals surface area contributed by atoms with Crippen LogP contribution in [0.25, 0.3) is 0 Å². The fourth-order valence-corrected chi connectivity index (χ4v) is 3.33. The van der Waals surface area contributed by atoms with E-state index in [0.717, 1.165) is 24.5 Å². The number of nitrogens with two attached hydrogens (primary N) is 1. The van der Waals surface area contributed by atoms with Gasteiger partial charge in [-0.05, 0) is 55.2 Å². The van der Waals surface area contributed by atoms with E-state index < -0.39 is 0 Å². The summed E-state index contributed by atoms with van der Waals surface area (Å²) in [4.78, 5) is 14.6. The largest absolute Gasteiger partial charge is 0.399 e. The predicted octanol–water partition coefficient (Wildman–Crippen LogP) is 4.33. The van der Waals surface area contributed by atoms with Crippen LogP contribution in [-0.2, 0) is 0 Å². The number of aryl methyl sites for hydroxylation is 1. The third-order valence-corrected chi connectivity index (χ3v) is 4.73. The molecule has 4 nitrogen and oxygen atoms in total. The summed E-state index contributed by atoms with van der Waals surface area (Å²) in [7, 11) is 0. The first-order valence-electron chi connectivity index (χ1n) is 8.18. The van der Waals surface area contributed by atoms with Gasteiger partial charge in [0.2, 0.25) is 0 Å². The number of anilines is 2.